The largest absolute Gasteiger partial charge is 0.480 e. The van der Waals surface area contributed by atoms with Gasteiger partial charge in [-0.1, -0.05) is 106 Å². The van der Waals surface area contributed by atoms with Gasteiger partial charge < -0.3 is 90.2 Å². The van der Waals surface area contributed by atoms with Gasteiger partial charge in [0.1, 0.15) is 13.2 Å². The van der Waals surface area contributed by atoms with Crippen LogP contribution in [-0.4, -0.2) is 273 Å². The molecule has 6 aromatic carbocycles. The fraction of sp³-hybridized carbons (Fsp3) is 0.487. The number of amides is 7. The molecular weight excluding hydrogens is 1760 g/mol. The third-order valence-electron chi connectivity index (χ3n) is 20.0. The Labute approximate surface area is 736 Å². The number of carbonyl (C=O) groups is 5. The summed E-state index contributed by atoms with van der Waals surface area (Å²) in [5.41, 5.74) is 6.76. The smallest absolute Gasteiger partial charge is 0.329 e. The summed E-state index contributed by atoms with van der Waals surface area (Å²) in [5, 5.41) is 31.6. The fourth-order valence-corrected chi connectivity index (χ4v) is 19.2. The standard InChI is InChI=1S/C80H105Cl6N13O19S3/c1-97-46-66(63-40-57(81)43-72(84)69(63)49-97)54-7-4-10-60(37-54)119(106,107)93-22-28-115-34-31-112-25-19-90-77(103)87-16-13-80(96-75(100)52-118-53-76(101)102,14-17-88-78(104)91-20-26-113-32-35-116-29-23-94-120(108,109)61-11-5-8-55(38-61)67-47-98(2)50-70-64(67)41-58(82)44-73(70)85)15-18-89-79(105)92-21-27-114-33-36-117-30-24-95-121(110,111)62-12-6-9-56(39-62)68-48-99(3)51-71-65(68)42-59(83)45-74(71)86/h4-12,37-45,66-68,93-95H,13-36,46-53H2,1-3H3,(H,96,100)(H,101,102)(H2,87,90,103)(H2,88,91,104)(H2,89,92,105)/t66-,67-,68?/m0/s1. The first kappa shape index (κ1) is 97.9. The second-order valence-corrected chi connectivity index (χ2v) is 37.0. The minimum absolute atomic E-state index is 0.0142. The lowest BCUT2D eigenvalue weighted by molar-refractivity contribution is -0.143. The molecule has 0 spiro atoms. The van der Waals surface area contributed by atoms with Crippen molar-refractivity contribution in [3.8, 4) is 0 Å². The molecule has 0 bridgehead atoms. The Morgan fingerprint density at radius 3 is 0.950 bits per heavy atom. The van der Waals surface area contributed by atoms with Crippen LogP contribution in [-0.2, 0) is 92.5 Å². The van der Waals surface area contributed by atoms with Gasteiger partial charge in [0.05, 0.1) is 94.0 Å². The number of sulfonamides is 3. The molecule has 3 atom stereocenters. The van der Waals surface area contributed by atoms with Crippen LogP contribution < -0.4 is 51.4 Å². The molecule has 0 fully saturated rings. The summed E-state index contributed by atoms with van der Waals surface area (Å²) in [6.45, 7) is 3.32. The SMILES string of the molecule is CN1Cc2c(Cl)cc(Cl)cc2C(c2cccc(S(=O)(=O)NCCOCCOCCNC(=O)NCCC(CCNC(=O)NCCOCCOCCNS(=O)(=O)c3cccc([C@@H]4CN(C)Cc5c(Cl)cc(Cl)cc54)c3)(CCNC(=O)NCCOCCOCCNS(=O)(=O)c3cccc([C@@H]4CN(C)Cc5c(Cl)cc(Cl)cc54)c3)NC(=O)COCC(=O)O)c2)C1. The Morgan fingerprint density at radius 1 is 0.380 bits per heavy atom. The monoisotopic (exact) mass is 1860 g/mol. The number of carboxylic acid groups (broad SMARTS) is 1. The molecule has 7 amide bonds. The summed E-state index contributed by atoms with van der Waals surface area (Å²) in [5.74, 6) is -2.54. The van der Waals surface area contributed by atoms with E-state index in [0.29, 0.717) is 69.4 Å². The number of aliphatic carboxylic acids is 1. The van der Waals surface area contributed by atoms with E-state index in [-0.39, 0.29) is 190 Å². The molecule has 1 unspecified atom stereocenters. The van der Waals surface area contributed by atoms with E-state index < -0.39 is 78.8 Å². The average molecular weight is 1860 g/mol. The second-order valence-electron chi connectivity index (χ2n) is 29.2. The number of halogens is 6. The van der Waals surface area contributed by atoms with Gasteiger partial charge in [0.15, 0.2) is 0 Å². The number of ether oxygens (including phenoxy) is 7. The molecule has 0 radical (unpaired) electrons. The van der Waals surface area contributed by atoms with Crippen LogP contribution in [0, 0.1) is 0 Å². The fourth-order valence-electron chi connectivity index (χ4n) is 14.3. The van der Waals surface area contributed by atoms with E-state index in [1.54, 1.807) is 54.6 Å². The van der Waals surface area contributed by atoms with E-state index in [2.05, 4.69) is 66.1 Å². The Morgan fingerprint density at radius 2 is 0.661 bits per heavy atom. The summed E-state index contributed by atoms with van der Waals surface area (Å²) >= 11 is 38.9. The van der Waals surface area contributed by atoms with Gasteiger partial charge in [-0.15, -0.1) is 0 Å². The number of benzene rings is 6. The zero-order chi connectivity index (χ0) is 87.1. The van der Waals surface area contributed by atoms with Gasteiger partial charge in [-0.25, -0.2) is 58.6 Å². The summed E-state index contributed by atoms with van der Waals surface area (Å²) in [4.78, 5) is 71.0. The maximum Gasteiger partial charge on any atom is 0.329 e. The lowest BCUT2D eigenvalue weighted by atomic mass is 9.85. The minimum atomic E-state index is -3.92. The number of carboxylic acids is 1. The number of rotatable bonds is 50. The van der Waals surface area contributed by atoms with E-state index in [1.807, 2.05) is 57.5 Å². The molecule has 32 nitrogen and oxygen atoms in total. The van der Waals surface area contributed by atoms with Gasteiger partial charge in [0, 0.05) is 152 Å². The summed E-state index contributed by atoms with van der Waals surface area (Å²) in [6.07, 6.45) is 0.0427. The van der Waals surface area contributed by atoms with Gasteiger partial charge in [0.2, 0.25) is 36.0 Å². The normalized spacial score (nSPS) is 15.9. The number of nitrogens with one attached hydrogen (secondary N) is 10. The topological polar surface area (TPSA) is 403 Å². The highest BCUT2D eigenvalue weighted by Crippen LogP contribution is 2.42. The number of hydrogen-bond acceptors (Lipinski definition) is 21. The summed E-state index contributed by atoms with van der Waals surface area (Å²) < 4.78 is 127. The predicted octanol–water partition coefficient (Wildman–Crippen LogP) is 7.70. The van der Waals surface area contributed by atoms with Crippen LogP contribution >= 0.6 is 69.6 Å². The Bertz CT molecular complexity index is 4400. The van der Waals surface area contributed by atoms with Crippen LogP contribution in [0.25, 0.3) is 0 Å². The van der Waals surface area contributed by atoms with Crippen LogP contribution in [0.3, 0.4) is 0 Å². The Hall–Kier alpha value is -6.86. The highest BCUT2D eigenvalue weighted by Gasteiger charge is 2.35. The first-order chi connectivity index (χ1) is 57.9. The van der Waals surface area contributed by atoms with Gasteiger partial charge in [-0.2, -0.15) is 0 Å². The number of likely N-dealkylation sites (N-methyl/N-ethyl adjacent to an activating group) is 3. The molecule has 0 saturated heterocycles. The highest BCUT2D eigenvalue weighted by molar-refractivity contribution is 7.90. The average Bonchev–Trinajstić information content (AvgIpc) is 0.780. The minimum Gasteiger partial charge on any atom is -0.480 e. The molecular formula is C80H105Cl6N13O19S3. The molecule has 3 heterocycles. The van der Waals surface area contributed by atoms with Crippen molar-refractivity contribution in [1.82, 2.24) is 66.1 Å². The van der Waals surface area contributed by atoms with E-state index in [9.17, 15) is 54.3 Å². The van der Waals surface area contributed by atoms with Gasteiger partial charge in [0.25, 0.3) is 0 Å². The molecule has 0 aromatic heterocycles. The number of urea groups is 3. The third-order valence-corrected chi connectivity index (χ3v) is 26.1. The summed E-state index contributed by atoms with van der Waals surface area (Å²) in [6, 6.07) is 29.2. The third kappa shape index (κ3) is 31.3. The van der Waals surface area contributed by atoms with E-state index >= 15 is 0 Å². The number of fused-ring (bicyclic) bond motifs is 3. The molecule has 664 valence electrons. The van der Waals surface area contributed by atoms with Gasteiger partial charge >= 0.3 is 24.1 Å². The van der Waals surface area contributed by atoms with Crippen molar-refractivity contribution >= 4 is 130 Å². The zero-order valence-corrected chi connectivity index (χ0v) is 74.4. The molecule has 121 heavy (non-hydrogen) atoms. The van der Waals surface area contributed by atoms with Gasteiger partial charge in [-0.3, -0.25) is 4.79 Å². The van der Waals surface area contributed by atoms with Crippen LogP contribution in [0.4, 0.5) is 14.4 Å². The number of carbonyl (C=O) groups excluding carboxylic acids is 4. The highest BCUT2D eigenvalue weighted by atomic mass is 35.5. The molecule has 0 saturated carbocycles. The molecule has 6 aromatic rings. The van der Waals surface area contributed by atoms with Crippen molar-refractivity contribution in [1.29, 1.82) is 0 Å². The maximum absolute atomic E-state index is 13.5. The zero-order valence-electron chi connectivity index (χ0n) is 67.4. The molecule has 9 rings (SSSR count). The second kappa shape index (κ2) is 48.6. The first-order valence-corrected chi connectivity index (χ1v) is 46.0. The maximum atomic E-state index is 13.5. The van der Waals surface area contributed by atoms with E-state index in [0.717, 1.165) is 50.1 Å². The molecule has 0 aliphatic carbocycles. The molecule has 3 aliphatic heterocycles. The number of hydrogen-bond donors (Lipinski definition) is 11. The molecule has 41 heteroatoms. The van der Waals surface area contributed by atoms with Crippen molar-refractivity contribution in [2.75, 3.05) is 192 Å². The molecule has 11 N–H and O–H groups in total. The summed E-state index contributed by atoms with van der Waals surface area (Å²) in [7, 11) is -5.83. The van der Waals surface area contributed by atoms with E-state index in [4.69, 9.17) is 103 Å². The van der Waals surface area contributed by atoms with Crippen LogP contribution in [0.5, 0.6) is 0 Å². The van der Waals surface area contributed by atoms with Crippen molar-refractivity contribution in [2.45, 2.75) is 76.9 Å². The Kier molecular flexibility index (Phi) is 39.3. The Balaban J connectivity index is 0.692. The van der Waals surface area contributed by atoms with Crippen LogP contribution in [0.2, 0.25) is 30.1 Å². The predicted molar refractivity (Wildman–Crippen MR) is 461 cm³/mol. The first-order valence-electron chi connectivity index (χ1n) is 39.3. The van der Waals surface area contributed by atoms with Crippen molar-refractivity contribution < 1.29 is 87.5 Å². The van der Waals surface area contributed by atoms with Crippen LogP contribution in [0.1, 0.15) is 87.1 Å². The van der Waals surface area contributed by atoms with Crippen molar-refractivity contribution in [3.63, 3.8) is 0 Å². The quantitative estimate of drug-likeness (QED) is 0.0163. The van der Waals surface area contributed by atoms with Crippen molar-refractivity contribution in [3.05, 3.63) is 189 Å². The van der Waals surface area contributed by atoms with E-state index in [1.165, 1.54) is 18.2 Å². The molecule has 3 aliphatic rings. The number of nitrogens with zero attached hydrogens (tertiary/aromatic N) is 3. The lowest BCUT2D eigenvalue weighted by Crippen LogP contribution is -2.55. The lowest BCUT2D eigenvalue weighted by Gasteiger charge is -2.35. The van der Waals surface area contributed by atoms with Crippen LogP contribution in [0.15, 0.2) is 124 Å². The van der Waals surface area contributed by atoms with Crippen molar-refractivity contribution in [2.24, 2.45) is 0 Å². The van der Waals surface area contributed by atoms with Gasteiger partial charge in [-0.05, 0) is 163 Å².